The fourth-order valence-electron chi connectivity index (χ4n) is 5.01. The molecule has 38 heavy (non-hydrogen) atoms. The number of carbonyl (C=O) groups excluding carboxylic acids is 1. The Hall–Kier alpha value is -3.59. The van der Waals surface area contributed by atoms with E-state index in [4.69, 9.17) is 33.2 Å². The number of nitrogens with zero attached hydrogens (tertiary/aromatic N) is 1. The highest BCUT2D eigenvalue weighted by atomic mass is 16.5. The second kappa shape index (κ2) is 12.8. The van der Waals surface area contributed by atoms with Gasteiger partial charge in [-0.3, -0.25) is 0 Å². The van der Waals surface area contributed by atoms with Crippen molar-refractivity contribution in [2.75, 3.05) is 61.8 Å². The van der Waals surface area contributed by atoms with E-state index < -0.39 is 5.92 Å². The Labute approximate surface area is 224 Å². The number of allylic oxidation sites excluding steroid dienone is 1. The van der Waals surface area contributed by atoms with Crippen LogP contribution in [0, 0.1) is 0 Å². The van der Waals surface area contributed by atoms with Crippen LogP contribution in [0.5, 0.6) is 34.5 Å². The third-order valence-electron chi connectivity index (χ3n) is 6.95. The summed E-state index contributed by atoms with van der Waals surface area (Å²) < 4.78 is 40.5. The zero-order valence-electron chi connectivity index (χ0n) is 22.8. The molecule has 4 rings (SSSR count). The molecule has 0 radical (unpaired) electrons. The normalized spacial score (nSPS) is 16.9. The molecule has 0 bridgehead atoms. The Morgan fingerprint density at radius 3 is 2.13 bits per heavy atom. The van der Waals surface area contributed by atoms with Crippen LogP contribution in [0.3, 0.4) is 0 Å². The minimum absolute atomic E-state index is 0.392. The summed E-state index contributed by atoms with van der Waals surface area (Å²) in [5.74, 6) is 2.90. The second-order valence-corrected chi connectivity index (χ2v) is 9.17. The van der Waals surface area contributed by atoms with Crippen molar-refractivity contribution in [2.24, 2.45) is 0 Å². The topological polar surface area (TPSA) is 84.9 Å². The first-order valence-corrected chi connectivity index (χ1v) is 12.9. The van der Waals surface area contributed by atoms with E-state index in [0.717, 1.165) is 25.7 Å². The van der Waals surface area contributed by atoms with Crippen molar-refractivity contribution in [3.8, 4) is 34.5 Å². The smallest absolute Gasteiger partial charge is 0.203 e. The lowest BCUT2D eigenvalue weighted by Gasteiger charge is -2.30. The van der Waals surface area contributed by atoms with Crippen molar-refractivity contribution >= 4 is 12.0 Å². The molecule has 1 fully saturated rings. The zero-order valence-corrected chi connectivity index (χ0v) is 22.8. The number of aldehydes is 1. The highest BCUT2D eigenvalue weighted by Gasteiger charge is 2.36. The maximum absolute atomic E-state index is 12.6. The average Bonchev–Trinajstić information content (AvgIpc) is 3.48. The van der Waals surface area contributed by atoms with Gasteiger partial charge in [-0.05, 0) is 57.5 Å². The molecule has 1 atom stereocenters. The van der Waals surface area contributed by atoms with E-state index >= 15 is 0 Å². The van der Waals surface area contributed by atoms with E-state index in [9.17, 15) is 4.79 Å². The fraction of sp³-hybridized carbons (Fsp3) is 0.483. The monoisotopic (exact) mass is 527 g/mol. The van der Waals surface area contributed by atoms with Crippen LogP contribution in [0.2, 0.25) is 0 Å². The molecular weight excluding hydrogens is 490 g/mol. The van der Waals surface area contributed by atoms with Crippen molar-refractivity contribution in [1.82, 2.24) is 4.90 Å². The predicted molar refractivity (Wildman–Crippen MR) is 143 cm³/mol. The molecule has 0 aliphatic carbocycles. The standard InChI is InChI=1S/C29H37NO8/c1-32-20-16-22(33-2)26-21(18-31)28(37-13-9-8-12-30-10-6-7-11-30)27(38-23(26)17-20)19-14-24(34-3)29(36-5)25(15-19)35-4/h14-18,21H,6-13H2,1-5H3. The van der Waals surface area contributed by atoms with Crippen LogP contribution in [0.25, 0.3) is 5.76 Å². The van der Waals surface area contributed by atoms with E-state index in [-0.39, 0.29) is 0 Å². The number of benzene rings is 2. The Kier molecular flexibility index (Phi) is 9.23. The summed E-state index contributed by atoms with van der Waals surface area (Å²) in [4.78, 5) is 15.1. The number of hydrogen-bond donors (Lipinski definition) is 0. The molecule has 2 aromatic rings. The van der Waals surface area contributed by atoms with Gasteiger partial charge in [-0.1, -0.05) is 0 Å². The molecular formula is C29H37NO8. The quantitative estimate of drug-likeness (QED) is 0.273. The molecule has 0 saturated carbocycles. The van der Waals surface area contributed by atoms with Gasteiger partial charge in [0, 0.05) is 17.7 Å². The van der Waals surface area contributed by atoms with Gasteiger partial charge in [0.25, 0.3) is 0 Å². The van der Waals surface area contributed by atoms with Gasteiger partial charge >= 0.3 is 0 Å². The summed E-state index contributed by atoms with van der Waals surface area (Å²) in [6.45, 7) is 3.82. The van der Waals surface area contributed by atoms with E-state index in [1.165, 1.54) is 25.9 Å². The lowest BCUT2D eigenvalue weighted by atomic mass is 9.91. The number of carbonyl (C=O) groups is 1. The van der Waals surface area contributed by atoms with Crippen LogP contribution < -0.4 is 28.4 Å². The van der Waals surface area contributed by atoms with Crippen LogP contribution in [0.1, 0.15) is 42.7 Å². The molecule has 0 amide bonds. The summed E-state index contributed by atoms with van der Waals surface area (Å²) in [6.07, 6.45) is 5.25. The van der Waals surface area contributed by atoms with Crippen molar-refractivity contribution in [1.29, 1.82) is 0 Å². The fourth-order valence-corrected chi connectivity index (χ4v) is 5.01. The molecule has 9 nitrogen and oxygen atoms in total. The number of rotatable bonds is 13. The van der Waals surface area contributed by atoms with Crippen molar-refractivity contribution < 1.29 is 38.0 Å². The molecule has 2 heterocycles. The average molecular weight is 528 g/mol. The molecule has 0 spiro atoms. The molecule has 206 valence electrons. The summed E-state index contributed by atoms with van der Waals surface area (Å²) in [5, 5.41) is 0. The number of fused-ring (bicyclic) bond motifs is 1. The van der Waals surface area contributed by atoms with Gasteiger partial charge in [0.05, 0.1) is 47.7 Å². The Bertz CT molecular complexity index is 1130. The lowest BCUT2D eigenvalue weighted by molar-refractivity contribution is -0.109. The number of unbranched alkanes of at least 4 members (excludes halogenated alkanes) is 1. The van der Waals surface area contributed by atoms with E-state index in [2.05, 4.69) is 4.90 Å². The minimum atomic E-state index is -0.743. The first-order valence-electron chi connectivity index (χ1n) is 12.9. The highest BCUT2D eigenvalue weighted by molar-refractivity contribution is 5.82. The Balaban J connectivity index is 1.74. The summed E-state index contributed by atoms with van der Waals surface area (Å²) in [5.41, 5.74) is 1.21. The van der Waals surface area contributed by atoms with Gasteiger partial charge < -0.3 is 42.9 Å². The Morgan fingerprint density at radius 1 is 0.868 bits per heavy atom. The maximum atomic E-state index is 12.6. The molecule has 0 aromatic heterocycles. The number of methoxy groups -OCH3 is 5. The van der Waals surface area contributed by atoms with Crippen LogP contribution in [-0.4, -0.2) is 73.0 Å². The Morgan fingerprint density at radius 2 is 1.55 bits per heavy atom. The highest BCUT2D eigenvalue weighted by Crippen LogP contribution is 2.49. The van der Waals surface area contributed by atoms with Gasteiger partial charge in [0.2, 0.25) is 5.75 Å². The van der Waals surface area contributed by atoms with Gasteiger partial charge in [0.1, 0.15) is 29.5 Å². The van der Waals surface area contributed by atoms with Gasteiger partial charge in [-0.2, -0.15) is 0 Å². The molecule has 2 aliphatic heterocycles. The number of hydrogen-bond acceptors (Lipinski definition) is 9. The molecule has 1 unspecified atom stereocenters. The van der Waals surface area contributed by atoms with Crippen molar-refractivity contribution in [3.63, 3.8) is 0 Å². The van der Waals surface area contributed by atoms with E-state index in [1.54, 1.807) is 59.8 Å². The van der Waals surface area contributed by atoms with Gasteiger partial charge in [-0.15, -0.1) is 0 Å². The van der Waals surface area contributed by atoms with Crippen LogP contribution in [0.4, 0.5) is 0 Å². The predicted octanol–water partition coefficient (Wildman–Crippen LogP) is 4.67. The zero-order chi connectivity index (χ0) is 27.1. The third kappa shape index (κ3) is 5.62. The van der Waals surface area contributed by atoms with Crippen LogP contribution >= 0.6 is 0 Å². The van der Waals surface area contributed by atoms with E-state index in [1.807, 2.05) is 0 Å². The molecule has 2 aliphatic rings. The van der Waals surface area contributed by atoms with Gasteiger partial charge in [0.15, 0.2) is 23.0 Å². The van der Waals surface area contributed by atoms with Crippen molar-refractivity contribution in [3.05, 3.63) is 41.2 Å². The lowest BCUT2D eigenvalue weighted by Crippen LogP contribution is -2.21. The summed E-state index contributed by atoms with van der Waals surface area (Å²) in [6, 6.07) is 7.02. The minimum Gasteiger partial charge on any atom is -0.496 e. The molecule has 1 saturated heterocycles. The number of ether oxygens (including phenoxy) is 7. The second-order valence-electron chi connectivity index (χ2n) is 9.17. The molecule has 0 N–H and O–H groups in total. The first-order chi connectivity index (χ1) is 18.6. The summed E-state index contributed by atoms with van der Waals surface area (Å²) >= 11 is 0. The van der Waals surface area contributed by atoms with E-state index in [0.29, 0.717) is 63.7 Å². The first kappa shape index (κ1) is 27.4. The SMILES string of the molecule is COc1cc(OC)c2c(c1)OC(c1cc(OC)c(OC)c(OC)c1)=C(OCCCCN1CCCC1)C2C=O. The molecule has 9 heteroatoms. The largest absolute Gasteiger partial charge is 0.496 e. The van der Waals surface area contributed by atoms with Gasteiger partial charge in [-0.25, -0.2) is 0 Å². The maximum Gasteiger partial charge on any atom is 0.203 e. The van der Waals surface area contributed by atoms with Crippen molar-refractivity contribution in [2.45, 2.75) is 31.6 Å². The van der Waals surface area contributed by atoms with Crippen LogP contribution in [0.15, 0.2) is 30.0 Å². The molecule has 2 aromatic carbocycles. The van der Waals surface area contributed by atoms with Crippen LogP contribution in [-0.2, 0) is 9.53 Å². The summed E-state index contributed by atoms with van der Waals surface area (Å²) in [7, 11) is 7.76. The number of likely N-dealkylation sites (tertiary alicyclic amines) is 1. The third-order valence-corrected chi connectivity index (χ3v) is 6.95.